The molecule has 158 valence electrons. The quantitative estimate of drug-likeness (QED) is 0.487. The van der Waals surface area contributed by atoms with Gasteiger partial charge in [0.2, 0.25) is 0 Å². The van der Waals surface area contributed by atoms with Gasteiger partial charge in [0.25, 0.3) is 5.56 Å². The lowest BCUT2D eigenvalue weighted by atomic mass is 10.3. The van der Waals surface area contributed by atoms with Gasteiger partial charge in [0.05, 0.1) is 13.2 Å². The Labute approximate surface area is 172 Å². The van der Waals surface area contributed by atoms with Gasteiger partial charge in [0.15, 0.2) is 11.2 Å². The molecule has 11 nitrogen and oxygen atoms in total. The first-order valence-corrected chi connectivity index (χ1v) is 9.92. The number of nitrogens with one attached hydrogen (secondary N) is 1. The first-order chi connectivity index (χ1) is 14.6. The molecule has 0 radical (unpaired) electrons. The lowest BCUT2D eigenvalue weighted by Gasteiger charge is -2.26. The summed E-state index contributed by atoms with van der Waals surface area (Å²) in [5, 5.41) is 11.4. The van der Waals surface area contributed by atoms with Crippen LogP contribution in [0.5, 0.6) is 6.01 Å². The molecule has 0 aromatic carbocycles. The van der Waals surface area contributed by atoms with Crippen molar-refractivity contribution in [3.05, 3.63) is 50.9 Å². The van der Waals surface area contributed by atoms with Gasteiger partial charge < -0.3 is 15.0 Å². The predicted molar refractivity (Wildman–Crippen MR) is 110 cm³/mol. The average molecular weight is 412 g/mol. The van der Waals surface area contributed by atoms with E-state index in [1.807, 2.05) is 6.07 Å². The third-order valence-corrected chi connectivity index (χ3v) is 5.05. The van der Waals surface area contributed by atoms with Crippen LogP contribution in [0.1, 0.15) is 12.0 Å². The molecule has 0 unspecified atom stereocenters. The summed E-state index contributed by atoms with van der Waals surface area (Å²) in [6, 6.07) is 3.65. The molecule has 11 heteroatoms. The summed E-state index contributed by atoms with van der Waals surface area (Å²) < 4.78 is 7.99. The Hall–Kier alpha value is -3.18. The minimum absolute atomic E-state index is 0.0338. The van der Waals surface area contributed by atoms with E-state index in [1.165, 1.54) is 11.6 Å². The van der Waals surface area contributed by atoms with Crippen LogP contribution in [0.2, 0.25) is 0 Å². The number of rotatable bonds is 7. The molecule has 1 aliphatic rings. The monoisotopic (exact) mass is 412 g/mol. The van der Waals surface area contributed by atoms with Gasteiger partial charge in [0, 0.05) is 52.2 Å². The normalized spacial score (nSPS) is 14.8. The van der Waals surface area contributed by atoms with Crippen molar-refractivity contribution in [2.45, 2.75) is 13.0 Å². The van der Waals surface area contributed by atoms with Crippen LogP contribution in [0, 0.1) is 0 Å². The molecule has 0 atom stereocenters. The lowest BCUT2D eigenvalue weighted by Crippen LogP contribution is -2.44. The van der Waals surface area contributed by atoms with E-state index in [0.717, 1.165) is 49.3 Å². The van der Waals surface area contributed by atoms with E-state index < -0.39 is 11.2 Å². The molecule has 1 N–H and O–H groups in total. The number of pyridine rings is 1. The summed E-state index contributed by atoms with van der Waals surface area (Å²) in [6.45, 7) is 5.61. The number of aromatic nitrogens is 6. The highest BCUT2D eigenvalue weighted by atomic mass is 16.5. The van der Waals surface area contributed by atoms with Crippen molar-refractivity contribution in [3.8, 4) is 6.01 Å². The highest BCUT2D eigenvalue weighted by molar-refractivity contribution is 5.68. The van der Waals surface area contributed by atoms with Crippen LogP contribution >= 0.6 is 0 Å². The van der Waals surface area contributed by atoms with Crippen molar-refractivity contribution >= 4 is 11.2 Å². The zero-order valence-electron chi connectivity index (χ0n) is 16.8. The van der Waals surface area contributed by atoms with Crippen LogP contribution in [0.4, 0.5) is 0 Å². The second-order valence-electron chi connectivity index (χ2n) is 7.15. The van der Waals surface area contributed by atoms with E-state index in [9.17, 15) is 9.59 Å². The van der Waals surface area contributed by atoms with Crippen molar-refractivity contribution < 1.29 is 4.74 Å². The smallest absolute Gasteiger partial charge is 0.336 e. The maximum Gasteiger partial charge on any atom is 0.336 e. The molecule has 0 amide bonds. The molecule has 30 heavy (non-hydrogen) atoms. The largest absolute Gasteiger partial charge is 0.462 e. The molecule has 3 aromatic heterocycles. The van der Waals surface area contributed by atoms with Gasteiger partial charge in [-0.1, -0.05) is 11.2 Å². The molecule has 0 saturated carbocycles. The van der Waals surface area contributed by atoms with Gasteiger partial charge in [-0.3, -0.25) is 18.9 Å². The molecule has 1 aliphatic heterocycles. The molecule has 1 saturated heterocycles. The SMILES string of the molecule is Cn1c(=O)c2nc(OCCCN3CCNCC3)nnc2n(Cc2cccnc2)c1=O. The summed E-state index contributed by atoms with van der Waals surface area (Å²) >= 11 is 0. The van der Waals surface area contributed by atoms with Gasteiger partial charge in [-0.15, -0.1) is 5.10 Å². The molecular weight excluding hydrogens is 388 g/mol. The second kappa shape index (κ2) is 9.09. The van der Waals surface area contributed by atoms with Crippen molar-refractivity contribution in [2.24, 2.45) is 7.05 Å². The molecule has 4 rings (SSSR count). The number of fused-ring (bicyclic) bond motifs is 1. The number of piperazine rings is 1. The van der Waals surface area contributed by atoms with Crippen LogP contribution in [0.25, 0.3) is 11.2 Å². The van der Waals surface area contributed by atoms with Crippen LogP contribution in [-0.2, 0) is 13.6 Å². The molecule has 0 spiro atoms. The van der Waals surface area contributed by atoms with Crippen LogP contribution in [0.15, 0.2) is 34.1 Å². The molecular formula is C19H24N8O3. The van der Waals surface area contributed by atoms with E-state index in [1.54, 1.807) is 18.5 Å². The third-order valence-electron chi connectivity index (χ3n) is 5.05. The zero-order chi connectivity index (χ0) is 20.9. The number of nitrogens with zero attached hydrogens (tertiary/aromatic N) is 7. The Kier molecular flexibility index (Phi) is 6.10. The summed E-state index contributed by atoms with van der Waals surface area (Å²) in [4.78, 5) is 35.9. The Morgan fingerprint density at radius 3 is 2.80 bits per heavy atom. The molecule has 3 aromatic rings. The van der Waals surface area contributed by atoms with Crippen LogP contribution in [-0.4, -0.2) is 73.5 Å². The maximum atomic E-state index is 12.6. The van der Waals surface area contributed by atoms with Crippen molar-refractivity contribution in [1.29, 1.82) is 0 Å². The molecule has 1 fully saturated rings. The fourth-order valence-corrected chi connectivity index (χ4v) is 3.41. The maximum absolute atomic E-state index is 12.6. The van der Waals surface area contributed by atoms with E-state index in [-0.39, 0.29) is 23.7 Å². The third kappa shape index (κ3) is 4.36. The summed E-state index contributed by atoms with van der Waals surface area (Å²) in [5.41, 5.74) is -0.0436. The summed E-state index contributed by atoms with van der Waals surface area (Å²) in [5.74, 6) is 0. The standard InChI is InChI=1S/C19H24N8O3/c1-25-17(28)15-16(27(19(25)29)13-14-4-2-5-21-12-14)23-24-18(22-15)30-11-3-8-26-9-6-20-7-10-26/h2,4-5,12,20H,3,6-11,13H2,1H3. The Balaban J connectivity index is 1.53. The predicted octanol–water partition coefficient (Wildman–Crippen LogP) is -0.997. The van der Waals surface area contributed by atoms with Crippen molar-refractivity contribution in [2.75, 3.05) is 39.3 Å². The fourth-order valence-electron chi connectivity index (χ4n) is 3.41. The lowest BCUT2D eigenvalue weighted by molar-refractivity contribution is 0.208. The minimum Gasteiger partial charge on any atom is -0.462 e. The topological polar surface area (TPSA) is 120 Å². The van der Waals surface area contributed by atoms with Gasteiger partial charge in [0.1, 0.15) is 0 Å². The van der Waals surface area contributed by atoms with E-state index >= 15 is 0 Å². The van der Waals surface area contributed by atoms with Crippen LogP contribution < -0.4 is 21.3 Å². The summed E-state index contributed by atoms with van der Waals surface area (Å²) in [6.07, 6.45) is 4.12. The Morgan fingerprint density at radius 2 is 2.03 bits per heavy atom. The zero-order valence-corrected chi connectivity index (χ0v) is 16.8. The van der Waals surface area contributed by atoms with Gasteiger partial charge in [-0.25, -0.2) is 4.79 Å². The van der Waals surface area contributed by atoms with Crippen LogP contribution in [0.3, 0.4) is 0 Å². The van der Waals surface area contributed by atoms with E-state index in [2.05, 4.69) is 30.4 Å². The average Bonchev–Trinajstić information content (AvgIpc) is 2.79. The van der Waals surface area contributed by atoms with Gasteiger partial charge in [-0.05, 0) is 18.1 Å². The van der Waals surface area contributed by atoms with Crippen molar-refractivity contribution in [3.63, 3.8) is 0 Å². The first kappa shape index (κ1) is 20.1. The molecule has 0 aliphatic carbocycles. The molecule has 0 bridgehead atoms. The highest BCUT2D eigenvalue weighted by Gasteiger charge is 2.16. The number of hydrogen-bond acceptors (Lipinski definition) is 9. The highest BCUT2D eigenvalue weighted by Crippen LogP contribution is 2.09. The summed E-state index contributed by atoms with van der Waals surface area (Å²) in [7, 11) is 1.42. The van der Waals surface area contributed by atoms with Crippen molar-refractivity contribution in [1.82, 2.24) is 39.5 Å². The Morgan fingerprint density at radius 1 is 1.20 bits per heavy atom. The fraction of sp³-hybridized carbons (Fsp3) is 0.474. The van der Waals surface area contributed by atoms with Gasteiger partial charge in [-0.2, -0.15) is 4.98 Å². The first-order valence-electron chi connectivity index (χ1n) is 9.92. The number of hydrogen-bond donors (Lipinski definition) is 1. The molecule has 4 heterocycles. The minimum atomic E-state index is -0.530. The van der Waals surface area contributed by atoms with E-state index in [4.69, 9.17) is 4.74 Å². The van der Waals surface area contributed by atoms with E-state index in [0.29, 0.717) is 6.61 Å². The number of ether oxygens (including phenoxy) is 1. The van der Waals surface area contributed by atoms with Gasteiger partial charge >= 0.3 is 11.7 Å². The Bertz CT molecular complexity index is 1120. The second-order valence-corrected chi connectivity index (χ2v) is 7.15.